The van der Waals surface area contributed by atoms with Crippen molar-refractivity contribution in [3.05, 3.63) is 66.2 Å². The summed E-state index contributed by atoms with van der Waals surface area (Å²) in [5.74, 6) is 1.01. The van der Waals surface area contributed by atoms with Crippen molar-refractivity contribution < 1.29 is 19.1 Å². The standard InChI is InChI=1S/C24H26N4O4/c1-16-14-27(15-25-16)21-8-7-18(13-22(21)32-3)28-10-9-20(24(28)30)26-23(29)12-17-5-4-6-19(11-17)31-2/h4-8,11,13-15,20H,9-10,12H2,1-3H3,(H,26,29). The third-order valence-electron chi connectivity index (χ3n) is 5.50. The van der Waals surface area contributed by atoms with Crippen LogP contribution >= 0.6 is 0 Å². The van der Waals surface area contributed by atoms with Gasteiger partial charge in [-0.3, -0.25) is 9.59 Å². The summed E-state index contributed by atoms with van der Waals surface area (Å²) < 4.78 is 12.6. The highest BCUT2D eigenvalue weighted by molar-refractivity contribution is 6.01. The molecule has 1 aliphatic heterocycles. The van der Waals surface area contributed by atoms with Gasteiger partial charge in [0.1, 0.15) is 17.5 Å². The number of hydrogen-bond donors (Lipinski definition) is 1. The summed E-state index contributed by atoms with van der Waals surface area (Å²) in [6.07, 6.45) is 4.37. The predicted molar refractivity (Wildman–Crippen MR) is 120 cm³/mol. The Morgan fingerprint density at radius 2 is 2.03 bits per heavy atom. The number of aryl methyl sites for hydroxylation is 1. The summed E-state index contributed by atoms with van der Waals surface area (Å²) in [5.41, 5.74) is 3.31. The quantitative estimate of drug-likeness (QED) is 0.618. The van der Waals surface area contributed by atoms with Crippen LogP contribution in [0.25, 0.3) is 5.69 Å². The topological polar surface area (TPSA) is 85.7 Å². The van der Waals surface area contributed by atoms with Crippen molar-refractivity contribution in [3.8, 4) is 17.2 Å². The van der Waals surface area contributed by atoms with Gasteiger partial charge in [0, 0.05) is 24.5 Å². The summed E-state index contributed by atoms with van der Waals surface area (Å²) in [7, 11) is 3.18. The number of nitrogens with zero attached hydrogens (tertiary/aromatic N) is 3. The highest BCUT2D eigenvalue weighted by atomic mass is 16.5. The van der Waals surface area contributed by atoms with Gasteiger partial charge in [-0.15, -0.1) is 0 Å². The third-order valence-corrected chi connectivity index (χ3v) is 5.50. The van der Waals surface area contributed by atoms with E-state index in [0.29, 0.717) is 24.5 Å². The van der Waals surface area contributed by atoms with E-state index in [1.807, 2.05) is 60.2 Å². The fraction of sp³-hybridized carbons (Fsp3) is 0.292. The molecule has 2 aromatic carbocycles. The lowest BCUT2D eigenvalue weighted by Gasteiger charge is -2.19. The first-order valence-corrected chi connectivity index (χ1v) is 10.4. The molecule has 1 aromatic heterocycles. The van der Waals surface area contributed by atoms with Crippen LogP contribution in [0.3, 0.4) is 0 Å². The largest absolute Gasteiger partial charge is 0.497 e. The van der Waals surface area contributed by atoms with Crippen LogP contribution in [0.4, 0.5) is 5.69 Å². The number of ether oxygens (including phenoxy) is 2. The number of hydrogen-bond acceptors (Lipinski definition) is 5. The average molecular weight is 434 g/mol. The molecule has 0 radical (unpaired) electrons. The Morgan fingerprint density at radius 3 is 2.75 bits per heavy atom. The molecule has 8 nitrogen and oxygen atoms in total. The van der Waals surface area contributed by atoms with Crippen molar-refractivity contribution in [1.82, 2.24) is 14.9 Å². The maximum atomic E-state index is 13.0. The van der Waals surface area contributed by atoms with Gasteiger partial charge in [0.05, 0.1) is 38.3 Å². The normalized spacial score (nSPS) is 15.7. The van der Waals surface area contributed by atoms with E-state index in [4.69, 9.17) is 9.47 Å². The Balaban J connectivity index is 1.44. The van der Waals surface area contributed by atoms with Gasteiger partial charge in [-0.05, 0) is 43.2 Å². The molecule has 0 aliphatic carbocycles. The smallest absolute Gasteiger partial charge is 0.249 e. The molecule has 0 spiro atoms. The van der Waals surface area contributed by atoms with E-state index in [-0.39, 0.29) is 18.2 Å². The first kappa shape index (κ1) is 21.4. The van der Waals surface area contributed by atoms with E-state index in [0.717, 1.165) is 22.6 Å². The van der Waals surface area contributed by atoms with Gasteiger partial charge < -0.3 is 24.3 Å². The molecule has 2 heterocycles. The van der Waals surface area contributed by atoms with E-state index in [1.54, 1.807) is 25.4 Å². The number of anilines is 1. The molecular formula is C24H26N4O4. The molecule has 3 aromatic rings. The van der Waals surface area contributed by atoms with Crippen molar-refractivity contribution in [2.75, 3.05) is 25.7 Å². The van der Waals surface area contributed by atoms with Crippen LogP contribution < -0.4 is 19.7 Å². The molecule has 4 rings (SSSR count). The number of rotatable bonds is 7. The van der Waals surface area contributed by atoms with Gasteiger partial charge in [0.15, 0.2) is 0 Å². The number of imidazole rings is 1. The second-order valence-electron chi connectivity index (χ2n) is 7.71. The van der Waals surface area contributed by atoms with E-state index < -0.39 is 6.04 Å². The molecular weight excluding hydrogens is 408 g/mol. The van der Waals surface area contributed by atoms with Crippen LogP contribution in [0.1, 0.15) is 17.7 Å². The zero-order chi connectivity index (χ0) is 22.7. The van der Waals surface area contributed by atoms with Gasteiger partial charge in [-0.2, -0.15) is 0 Å². The van der Waals surface area contributed by atoms with Crippen molar-refractivity contribution in [3.63, 3.8) is 0 Å². The first-order chi connectivity index (χ1) is 15.5. The summed E-state index contributed by atoms with van der Waals surface area (Å²) in [5, 5.41) is 2.87. The number of aromatic nitrogens is 2. The van der Waals surface area contributed by atoms with Gasteiger partial charge in [0.2, 0.25) is 11.8 Å². The molecule has 2 amide bonds. The van der Waals surface area contributed by atoms with Crippen LogP contribution in [0.2, 0.25) is 0 Å². The van der Waals surface area contributed by atoms with Crippen molar-refractivity contribution in [1.29, 1.82) is 0 Å². The fourth-order valence-electron chi connectivity index (χ4n) is 3.88. The second kappa shape index (κ2) is 9.13. The van der Waals surface area contributed by atoms with Crippen LogP contribution in [0.15, 0.2) is 55.0 Å². The maximum Gasteiger partial charge on any atom is 0.249 e. The minimum absolute atomic E-state index is 0.128. The number of benzene rings is 2. The molecule has 1 N–H and O–H groups in total. The fourth-order valence-corrected chi connectivity index (χ4v) is 3.88. The molecule has 32 heavy (non-hydrogen) atoms. The molecule has 1 saturated heterocycles. The maximum absolute atomic E-state index is 13.0. The second-order valence-corrected chi connectivity index (χ2v) is 7.71. The highest BCUT2D eigenvalue weighted by Crippen LogP contribution is 2.31. The van der Waals surface area contributed by atoms with E-state index in [2.05, 4.69) is 10.3 Å². The lowest BCUT2D eigenvalue weighted by Crippen LogP contribution is -2.42. The van der Waals surface area contributed by atoms with Crippen LogP contribution in [0.5, 0.6) is 11.5 Å². The van der Waals surface area contributed by atoms with Crippen molar-refractivity contribution in [2.24, 2.45) is 0 Å². The number of methoxy groups -OCH3 is 2. The molecule has 166 valence electrons. The lowest BCUT2D eigenvalue weighted by molar-refractivity contribution is -0.126. The molecule has 8 heteroatoms. The number of carbonyl (C=O) groups is 2. The zero-order valence-electron chi connectivity index (χ0n) is 18.4. The predicted octanol–water partition coefficient (Wildman–Crippen LogP) is 2.66. The summed E-state index contributed by atoms with van der Waals surface area (Å²) >= 11 is 0. The van der Waals surface area contributed by atoms with E-state index in [9.17, 15) is 9.59 Å². The number of carbonyl (C=O) groups excluding carboxylic acids is 2. The van der Waals surface area contributed by atoms with Crippen LogP contribution in [0, 0.1) is 6.92 Å². The average Bonchev–Trinajstić information content (AvgIpc) is 3.39. The Morgan fingerprint density at radius 1 is 1.19 bits per heavy atom. The van der Waals surface area contributed by atoms with Crippen molar-refractivity contribution >= 4 is 17.5 Å². The Hall–Kier alpha value is -3.81. The van der Waals surface area contributed by atoms with E-state index >= 15 is 0 Å². The van der Waals surface area contributed by atoms with Gasteiger partial charge in [-0.1, -0.05) is 12.1 Å². The summed E-state index contributed by atoms with van der Waals surface area (Å²) in [6, 6.07) is 12.4. The third kappa shape index (κ3) is 4.44. The van der Waals surface area contributed by atoms with Gasteiger partial charge >= 0.3 is 0 Å². The minimum atomic E-state index is -0.546. The molecule has 0 saturated carbocycles. The van der Waals surface area contributed by atoms with E-state index in [1.165, 1.54) is 0 Å². The monoisotopic (exact) mass is 434 g/mol. The number of nitrogens with one attached hydrogen (secondary N) is 1. The summed E-state index contributed by atoms with van der Waals surface area (Å²) in [4.78, 5) is 31.4. The first-order valence-electron chi connectivity index (χ1n) is 10.4. The Bertz CT molecular complexity index is 1140. The molecule has 0 bridgehead atoms. The summed E-state index contributed by atoms with van der Waals surface area (Å²) in [6.45, 7) is 2.44. The van der Waals surface area contributed by atoms with Crippen LogP contribution in [-0.4, -0.2) is 48.2 Å². The van der Waals surface area contributed by atoms with Gasteiger partial charge in [-0.25, -0.2) is 4.98 Å². The minimum Gasteiger partial charge on any atom is -0.497 e. The molecule has 1 atom stereocenters. The van der Waals surface area contributed by atoms with Gasteiger partial charge in [0.25, 0.3) is 0 Å². The molecule has 1 unspecified atom stereocenters. The molecule has 1 aliphatic rings. The number of amides is 2. The van der Waals surface area contributed by atoms with Crippen LogP contribution in [-0.2, 0) is 16.0 Å². The Kier molecular flexibility index (Phi) is 6.11. The highest BCUT2D eigenvalue weighted by Gasteiger charge is 2.34. The SMILES string of the molecule is COc1cccc(CC(=O)NC2CCN(c3ccc(-n4cnc(C)c4)c(OC)c3)C2=O)c1. The lowest BCUT2D eigenvalue weighted by atomic mass is 10.1. The van der Waals surface area contributed by atoms with Crippen molar-refractivity contribution in [2.45, 2.75) is 25.8 Å². The Labute approximate surface area is 186 Å². The zero-order valence-corrected chi connectivity index (χ0v) is 18.4. The molecule has 1 fully saturated rings.